The van der Waals surface area contributed by atoms with Crippen molar-refractivity contribution in [3.05, 3.63) is 35.9 Å². The number of rotatable bonds is 9. The molecule has 0 aromatic heterocycles. The van der Waals surface area contributed by atoms with Crippen LogP contribution in [0.3, 0.4) is 0 Å². The largest absolute Gasteiger partial charge is 0.462 e. The van der Waals surface area contributed by atoms with E-state index in [0.29, 0.717) is 63.0 Å². The number of fused-ring (bicyclic) bond motifs is 1. The lowest BCUT2D eigenvalue weighted by Crippen LogP contribution is -2.65. The molecule has 4 amide bonds. The number of nitrogens with zero attached hydrogens (tertiary/aromatic N) is 1. The van der Waals surface area contributed by atoms with E-state index in [1.807, 2.05) is 13.0 Å². The number of unbranched alkanes of at least 4 members (excludes halogenated alkanes) is 1. The Hall–Kier alpha value is -3.43. The van der Waals surface area contributed by atoms with Gasteiger partial charge in [0.25, 0.3) is 0 Å². The number of nitrogens with one attached hydrogen (secondary N) is 3. The molecule has 0 radical (unpaired) electrons. The van der Waals surface area contributed by atoms with E-state index in [1.165, 1.54) is 6.42 Å². The van der Waals surface area contributed by atoms with Gasteiger partial charge in [-0.3, -0.25) is 19.2 Å². The summed E-state index contributed by atoms with van der Waals surface area (Å²) >= 11 is 0. The second kappa shape index (κ2) is 14.6. The quantitative estimate of drug-likeness (QED) is 0.302. The summed E-state index contributed by atoms with van der Waals surface area (Å²) in [7, 11) is 0. The molecule has 0 unspecified atom stereocenters. The average Bonchev–Trinajstić information content (AvgIpc) is 3.50. The first kappa shape index (κ1) is 31.5. The highest BCUT2D eigenvalue weighted by atomic mass is 16.5. The number of benzene rings is 1. The van der Waals surface area contributed by atoms with Crippen molar-refractivity contribution in [3.63, 3.8) is 0 Å². The van der Waals surface area contributed by atoms with E-state index in [4.69, 9.17) is 4.74 Å². The molecule has 2 heterocycles. The zero-order chi connectivity index (χ0) is 30.1. The van der Waals surface area contributed by atoms with Crippen LogP contribution in [0.4, 0.5) is 0 Å². The normalized spacial score (nSPS) is 27.7. The number of amides is 4. The molecule has 3 fully saturated rings. The van der Waals surface area contributed by atoms with Crippen molar-refractivity contribution >= 4 is 29.6 Å². The lowest BCUT2D eigenvalue weighted by molar-refractivity contribution is -0.145. The van der Waals surface area contributed by atoms with Gasteiger partial charge in [0, 0.05) is 6.54 Å². The summed E-state index contributed by atoms with van der Waals surface area (Å²) < 4.78 is 5.35. The molecule has 1 aromatic rings. The summed E-state index contributed by atoms with van der Waals surface area (Å²) in [5.74, 6) is -1.46. The number of carbonyl (C=O) groups excluding carboxylic acids is 5. The molecular formula is C32H46N4O6. The standard InChI is InChI=1S/C32H46N4O6/c1-3-32(2)31(41)34-25(21-22-13-6-4-7-14-22)29(39)36-19-12-18-26(36)28(38)33-24(27(37)35-32)17-10-11-20-42-30(40)23-15-8-5-9-16-23/h5,8-9,15-16,22,24-26H,3-4,6-7,10-14,17-21H2,1-2H3,(H,33,38)(H,34,41)(H,35,37)/t24-,25-,26+,32-/m0/s1. The van der Waals surface area contributed by atoms with Gasteiger partial charge in [0.15, 0.2) is 0 Å². The van der Waals surface area contributed by atoms with Crippen LogP contribution in [-0.4, -0.2) is 71.3 Å². The first-order valence-electron chi connectivity index (χ1n) is 15.7. The van der Waals surface area contributed by atoms with Crippen LogP contribution in [0.5, 0.6) is 0 Å². The number of esters is 1. The summed E-state index contributed by atoms with van der Waals surface area (Å²) in [6, 6.07) is 6.42. The minimum Gasteiger partial charge on any atom is -0.462 e. The summed E-state index contributed by atoms with van der Waals surface area (Å²) in [4.78, 5) is 68.3. The highest BCUT2D eigenvalue weighted by Crippen LogP contribution is 2.29. The van der Waals surface area contributed by atoms with Gasteiger partial charge in [-0.1, -0.05) is 57.2 Å². The monoisotopic (exact) mass is 582 g/mol. The number of ether oxygens (including phenoxy) is 1. The maximum absolute atomic E-state index is 13.9. The summed E-state index contributed by atoms with van der Waals surface area (Å²) in [5.41, 5.74) is -0.780. The van der Waals surface area contributed by atoms with Crippen LogP contribution < -0.4 is 16.0 Å². The molecule has 4 atom stereocenters. The van der Waals surface area contributed by atoms with Crippen LogP contribution >= 0.6 is 0 Å². The van der Waals surface area contributed by atoms with Crippen molar-refractivity contribution in [1.29, 1.82) is 0 Å². The highest BCUT2D eigenvalue weighted by Gasteiger charge is 2.43. The van der Waals surface area contributed by atoms with Crippen molar-refractivity contribution in [1.82, 2.24) is 20.9 Å². The number of hydrogen-bond donors (Lipinski definition) is 3. The second-order valence-electron chi connectivity index (χ2n) is 12.2. The molecular weight excluding hydrogens is 536 g/mol. The van der Waals surface area contributed by atoms with Gasteiger partial charge in [0.05, 0.1) is 12.2 Å². The molecule has 4 rings (SSSR count). The van der Waals surface area contributed by atoms with Crippen LogP contribution in [0, 0.1) is 5.92 Å². The molecule has 3 N–H and O–H groups in total. The number of hydrogen-bond acceptors (Lipinski definition) is 6. The summed E-state index contributed by atoms with van der Waals surface area (Å²) in [6.45, 7) is 4.10. The lowest BCUT2D eigenvalue weighted by Gasteiger charge is -2.37. The topological polar surface area (TPSA) is 134 Å². The van der Waals surface area contributed by atoms with Crippen LogP contribution in [0.25, 0.3) is 0 Å². The Morgan fingerprint density at radius 3 is 2.38 bits per heavy atom. The van der Waals surface area contributed by atoms with E-state index in [0.717, 1.165) is 25.7 Å². The highest BCUT2D eigenvalue weighted by molar-refractivity contribution is 5.99. The van der Waals surface area contributed by atoms with E-state index in [1.54, 1.807) is 36.1 Å². The van der Waals surface area contributed by atoms with Crippen molar-refractivity contribution < 1.29 is 28.7 Å². The fourth-order valence-electron chi connectivity index (χ4n) is 6.27. The second-order valence-corrected chi connectivity index (χ2v) is 12.2. The molecule has 2 saturated heterocycles. The summed E-state index contributed by atoms with van der Waals surface area (Å²) in [6.07, 6.45) is 8.84. The van der Waals surface area contributed by atoms with Crippen molar-refractivity contribution in [3.8, 4) is 0 Å². The molecule has 1 aromatic carbocycles. The average molecular weight is 583 g/mol. The molecule has 230 valence electrons. The third-order valence-electron chi connectivity index (χ3n) is 9.11. The fourth-order valence-corrected chi connectivity index (χ4v) is 6.27. The van der Waals surface area contributed by atoms with Crippen molar-refractivity contribution in [2.45, 2.75) is 115 Å². The minimum absolute atomic E-state index is 0.179. The van der Waals surface area contributed by atoms with Gasteiger partial charge in [0.2, 0.25) is 23.6 Å². The predicted octanol–water partition coefficient (Wildman–Crippen LogP) is 3.24. The van der Waals surface area contributed by atoms with E-state index < -0.39 is 35.5 Å². The van der Waals surface area contributed by atoms with Crippen molar-refractivity contribution in [2.75, 3.05) is 13.2 Å². The zero-order valence-corrected chi connectivity index (χ0v) is 25.0. The van der Waals surface area contributed by atoms with E-state index in [-0.39, 0.29) is 24.3 Å². The minimum atomic E-state index is -1.25. The maximum Gasteiger partial charge on any atom is 0.338 e. The zero-order valence-electron chi connectivity index (χ0n) is 25.0. The van der Waals surface area contributed by atoms with E-state index in [2.05, 4.69) is 16.0 Å². The van der Waals surface area contributed by atoms with E-state index in [9.17, 15) is 24.0 Å². The molecule has 10 heteroatoms. The van der Waals surface area contributed by atoms with Crippen LogP contribution in [0.1, 0.15) is 101 Å². The van der Waals surface area contributed by atoms with Gasteiger partial charge in [0.1, 0.15) is 23.7 Å². The Balaban J connectivity index is 1.45. The SMILES string of the molecule is CC[C@]1(C)NC(=O)[C@H](CCCCOC(=O)c2ccccc2)NC(=O)[C@H]2CCCN2C(=O)[C@H](CC2CCCCC2)NC1=O. The molecule has 10 nitrogen and oxygen atoms in total. The maximum atomic E-state index is 13.9. The smallest absolute Gasteiger partial charge is 0.338 e. The molecule has 0 spiro atoms. The molecule has 1 saturated carbocycles. The first-order chi connectivity index (χ1) is 20.2. The van der Waals surface area contributed by atoms with Gasteiger partial charge < -0.3 is 25.6 Å². The Bertz CT molecular complexity index is 1120. The predicted molar refractivity (Wildman–Crippen MR) is 157 cm³/mol. The Labute approximate surface area is 248 Å². The summed E-state index contributed by atoms with van der Waals surface area (Å²) in [5, 5.41) is 8.77. The Morgan fingerprint density at radius 1 is 0.929 bits per heavy atom. The molecule has 42 heavy (non-hydrogen) atoms. The third-order valence-corrected chi connectivity index (χ3v) is 9.11. The molecule has 2 aliphatic heterocycles. The van der Waals surface area contributed by atoms with Gasteiger partial charge in [-0.05, 0) is 69.9 Å². The fraction of sp³-hybridized carbons (Fsp3) is 0.656. The van der Waals surface area contributed by atoms with Gasteiger partial charge >= 0.3 is 5.97 Å². The lowest BCUT2D eigenvalue weighted by atomic mass is 9.84. The van der Waals surface area contributed by atoms with Gasteiger partial charge in [-0.25, -0.2) is 4.79 Å². The molecule has 3 aliphatic rings. The van der Waals surface area contributed by atoms with E-state index >= 15 is 0 Å². The van der Waals surface area contributed by atoms with Crippen LogP contribution in [0.2, 0.25) is 0 Å². The van der Waals surface area contributed by atoms with Crippen LogP contribution in [0.15, 0.2) is 30.3 Å². The Kier molecular flexibility index (Phi) is 11.0. The Morgan fingerprint density at radius 2 is 1.67 bits per heavy atom. The van der Waals surface area contributed by atoms with Crippen molar-refractivity contribution in [2.24, 2.45) is 5.92 Å². The van der Waals surface area contributed by atoms with Crippen LogP contribution in [-0.2, 0) is 23.9 Å². The third kappa shape index (κ3) is 7.89. The molecule has 1 aliphatic carbocycles. The number of carbonyl (C=O) groups is 5. The molecule has 0 bridgehead atoms. The van der Waals surface area contributed by atoms with Gasteiger partial charge in [-0.15, -0.1) is 0 Å². The van der Waals surface area contributed by atoms with Gasteiger partial charge in [-0.2, -0.15) is 0 Å². The first-order valence-corrected chi connectivity index (χ1v) is 15.7.